The summed E-state index contributed by atoms with van der Waals surface area (Å²) in [7, 11) is 1.70. The van der Waals surface area contributed by atoms with E-state index in [9.17, 15) is 23.2 Å². The number of aromatic nitrogens is 3. The highest BCUT2D eigenvalue weighted by molar-refractivity contribution is 7.18. The van der Waals surface area contributed by atoms with Crippen molar-refractivity contribution < 1.29 is 18.0 Å². The summed E-state index contributed by atoms with van der Waals surface area (Å²) in [6.45, 7) is 7.47. The van der Waals surface area contributed by atoms with Crippen molar-refractivity contribution in [2.75, 3.05) is 30.8 Å². The van der Waals surface area contributed by atoms with Gasteiger partial charge in [0.05, 0.1) is 11.8 Å². The molecule has 1 amide bonds. The number of likely N-dealkylation sites (tertiary alicyclic amines) is 1. The Morgan fingerprint density at radius 3 is 2.60 bits per heavy atom. The molecule has 1 saturated carbocycles. The van der Waals surface area contributed by atoms with Gasteiger partial charge in [-0.2, -0.15) is 23.4 Å². The molecule has 4 heterocycles. The van der Waals surface area contributed by atoms with Crippen molar-refractivity contribution in [1.29, 1.82) is 5.26 Å². The maximum atomic E-state index is 13.0. The maximum Gasteiger partial charge on any atom is 0.393 e. The highest BCUT2D eigenvalue weighted by Gasteiger charge is 2.40. The Morgan fingerprint density at radius 1 is 1.18 bits per heavy atom. The molecule has 6 rings (SSSR count). The van der Waals surface area contributed by atoms with Gasteiger partial charge in [-0.05, 0) is 74.8 Å². The molecule has 1 aliphatic carbocycles. The van der Waals surface area contributed by atoms with Crippen LogP contribution in [0.25, 0.3) is 21.1 Å². The van der Waals surface area contributed by atoms with Gasteiger partial charge in [-0.3, -0.25) is 9.69 Å². The Labute approximate surface area is 263 Å². The summed E-state index contributed by atoms with van der Waals surface area (Å²) in [4.78, 5) is 23.0. The van der Waals surface area contributed by atoms with Crippen LogP contribution < -0.4 is 16.0 Å². The van der Waals surface area contributed by atoms with Crippen molar-refractivity contribution in [3.8, 4) is 6.07 Å². The van der Waals surface area contributed by atoms with E-state index in [-0.39, 0.29) is 16.5 Å². The topological polar surface area (TPSA) is 111 Å². The molecule has 0 spiro atoms. The molecular formula is C32H37F3N8OS. The van der Waals surface area contributed by atoms with Crippen LogP contribution in [0.1, 0.15) is 54.3 Å². The van der Waals surface area contributed by atoms with Crippen LogP contribution in [0.3, 0.4) is 0 Å². The average Bonchev–Trinajstić information content (AvgIpc) is 3.54. The fraction of sp³-hybridized carbons (Fsp3) is 0.500. The Morgan fingerprint density at radius 2 is 1.93 bits per heavy atom. The van der Waals surface area contributed by atoms with Crippen LogP contribution in [0.2, 0.25) is 0 Å². The van der Waals surface area contributed by atoms with Crippen molar-refractivity contribution in [2.45, 2.75) is 76.8 Å². The van der Waals surface area contributed by atoms with Gasteiger partial charge in [-0.1, -0.05) is 6.07 Å². The van der Waals surface area contributed by atoms with Crippen molar-refractivity contribution >= 4 is 50.6 Å². The van der Waals surface area contributed by atoms with Gasteiger partial charge in [-0.15, -0.1) is 11.3 Å². The largest absolute Gasteiger partial charge is 0.393 e. The molecule has 2 aliphatic rings. The number of nitrogens with zero attached hydrogens (tertiary/aromatic N) is 5. The molecule has 0 unspecified atom stereocenters. The second-order valence-corrected chi connectivity index (χ2v) is 13.8. The number of rotatable bonds is 10. The lowest BCUT2D eigenvalue weighted by Crippen LogP contribution is -2.53. The van der Waals surface area contributed by atoms with E-state index in [1.54, 1.807) is 13.1 Å². The van der Waals surface area contributed by atoms with E-state index in [4.69, 9.17) is 0 Å². The number of carbonyl (C=O) groups excluding carboxylic acids is 1. The number of nitrogens with one attached hydrogen (secondary N) is 3. The molecule has 2 fully saturated rings. The first-order valence-corrected chi connectivity index (χ1v) is 16.1. The number of halogens is 3. The fourth-order valence-corrected chi connectivity index (χ4v) is 8.05. The van der Waals surface area contributed by atoms with Crippen LogP contribution in [-0.2, 0) is 24.3 Å². The number of carbonyl (C=O) groups is 1. The minimum absolute atomic E-state index is 0.140. The summed E-state index contributed by atoms with van der Waals surface area (Å²) in [6, 6.07) is 10.4. The van der Waals surface area contributed by atoms with E-state index in [0.717, 1.165) is 80.5 Å². The SMILES string of the molecule is CNc1nc(NC2CCN(Cc3ccc4c(cc(C#N)n4CC4CC(C)(NC=O)C4)c3C)CC2)c2cc(CC(F)(F)F)sc2n1. The fourth-order valence-electron chi connectivity index (χ4n) is 6.99. The van der Waals surface area contributed by atoms with E-state index < -0.39 is 12.6 Å². The Kier molecular flexibility index (Phi) is 8.39. The van der Waals surface area contributed by atoms with Crippen molar-refractivity contribution in [2.24, 2.45) is 5.92 Å². The summed E-state index contributed by atoms with van der Waals surface area (Å²) in [5.74, 6) is 1.35. The molecule has 3 aromatic heterocycles. The number of hydrogen-bond donors (Lipinski definition) is 3. The zero-order valence-electron chi connectivity index (χ0n) is 25.6. The number of fused-ring (bicyclic) bond motifs is 2. The second-order valence-electron chi connectivity index (χ2n) is 12.7. The quantitative estimate of drug-likeness (QED) is 0.184. The van der Waals surface area contributed by atoms with Crippen LogP contribution in [0.5, 0.6) is 0 Å². The van der Waals surface area contributed by atoms with Gasteiger partial charge < -0.3 is 20.5 Å². The van der Waals surface area contributed by atoms with Crippen LogP contribution in [0, 0.1) is 24.2 Å². The molecular weight excluding hydrogens is 601 g/mol. The maximum absolute atomic E-state index is 13.0. The number of anilines is 2. The number of thiophene rings is 1. The number of aryl methyl sites for hydroxylation is 1. The lowest BCUT2D eigenvalue weighted by Gasteiger charge is -2.45. The van der Waals surface area contributed by atoms with E-state index in [0.29, 0.717) is 33.6 Å². The number of piperidine rings is 1. The lowest BCUT2D eigenvalue weighted by atomic mass is 9.69. The Bertz CT molecular complexity index is 1760. The molecule has 45 heavy (non-hydrogen) atoms. The van der Waals surface area contributed by atoms with Crippen LogP contribution in [-0.4, -0.2) is 63.7 Å². The smallest absolute Gasteiger partial charge is 0.367 e. The summed E-state index contributed by atoms with van der Waals surface area (Å²) < 4.78 is 41.2. The first-order valence-electron chi connectivity index (χ1n) is 15.2. The first-order chi connectivity index (χ1) is 21.5. The number of nitriles is 1. The van der Waals surface area contributed by atoms with Gasteiger partial charge in [-0.25, -0.2) is 4.98 Å². The highest BCUT2D eigenvalue weighted by Crippen LogP contribution is 2.40. The molecule has 238 valence electrons. The summed E-state index contributed by atoms with van der Waals surface area (Å²) >= 11 is 1.05. The second kappa shape index (κ2) is 12.1. The van der Waals surface area contributed by atoms with Gasteiger partial charge in [0, 0.05) is 60.6 Å². The van der Waals surface area contributed by atoms with Gasteiger partial charge >= 0.3 is 6.18 Å². The molecule has 0 bridgehead atoms. The third-order valence-electron chi connectivity index (χ3n) is 9.27. The highest BCUT2D eigenvalue weighted by atomic mass is 32.1. The van der Waals surface area contributed by atoms with Crippen LogP contribution in [0.15, 0.2) is 24.3 Å². The van der Waals surface area contributed by atoms with Crippen LogP contribution in [0.4, 0.5) is 24.9 Å². The van der Waals surface area contributed by atoms with Gasteiger partial charge in [0.25, 0.3) is 0 Å². The molecule has 3 N–H and O–H groups in total. The molecule has 1 saturated heterocycles. The number of hydrogen-bond acceptors (Lipinski definition) is 8. The molecule has 13 heteroatoms. The van der Waals surface area contributed by atoms with E-state index in [2.05, 4.69) is 67.4 Å². The van der Waals surface area contributed by atoms with Crippen molar-refractivity contribution in [3.63, 3.8) is 0 Å². The van der Waals surface area contributed by atoms with E-state index in [1.165, 1.54) is 11.1 Å². The normalized spacial score (nSPS) is 21.0. The number of benzene rings is 1. The number of amides is 1. The standard InChI is InChI=1S/C32H37F3N8OS/c1-19-21(4-5-27-25(19)10-23(15-36)43(27)16-20-12-31(2,13-20)38-18-44)17-42-8-6-22(7-9-42)39-28-26-11-24(14-32(33,34)35)45-29(26)41-30(37-3)40-28/h4-5,10-11,18,20,22H,6-9,12-14,16-17H2,1-3H3,(H,38,44)(H2,37,39,40,41). The third-order valence-corrected chi connectivity index (χ3v) is 10.3. The number of alkyl halides is 3. The average molecular weight is 639 g/mol. The van der Waals surface area contributed by atoms with Gasteiger partial charge in [0.1, 0.15) is 22.4 Å². The van der Waals surface area contributed by atoms with E-state index >= 15 is 0 Å². The van der Waals surface area contributed by atoms with Crippen LogP contribution >= 0.6 is 11.3 Å². The molecule has 0 atom stereocenters. The van der Waals surface area contributed by atoms with E-state index in [1.807, 2.05) is 6.07 Å². The third kappa shape index (κ3) is 6.58. The molecule has 1 aliphatic heterocycles. The summed E-state index contributed by atoms with van der Waals surface area (Å²) in [6.07, 6.45) is -0.960. The lowest BCUT2D eigenvalue weighted by molar-refractivity contribution is -0.126. The zero-order valence-corrected chi connectivity index (χ0v) is 26.4. The minimum atomic E-state index is -4.28. The predicted octanol–water partition coefficient (Wildman–Crippen LogP) is 5.96. The van der Waals surface area contributed by atoms with Crippen molar-refractivity contribution in [3.05, 3.63) is 46.0 Å². The Hall–Kier alpha value is -3.89. The van der Waals surface area contributed by atoms with Gasteiger partial charge in [0.2, 0.25) is 12.4 Å². The molecule has 0 radical (unpaired) electrons. The predicted molar refractivity (Wildman–Crippen MR) is 170 cm³/mol. The van der Waals surface area contributed by atoms with Crippen molar-refractivity contribution in [1.82, 2.24) is 24.8 Å². The first kappa shape index (κ1) is 31.1. The molecule has 9 nitrogen and oxygen atoms in total. The Balaban J connectivity index is 1.11. The zero-order chi connectivity index (χ0) is 31.9. The molecule has 1 aromatic carbocycles. The summed E-state index contributed by atoms with van der Waals surface area (Å²) in [5, 5.41) is 21.0. The monoisotopic (exact) mass is 638 g/mol. The summed E-state index contributed by atoms with van der Waals surface area (Å²) in [5.41, 5.74) is 3.98. The minimum Gasteiger partial charge on any atom is -0.367 e. The molecule has 4 aromatic rings. The van der Waals surface area contributed by atoms with Gasteiger partial charge in [0.15, 0.2) is 0 Å².